The Labute approximate surface area is 115 Å². The minimum atomic E-state index is 0.662. The Morgan fingerprint density at radius 1 is 1.47 bits per heavy atom. The van der Waals surface area contributed by atoms with Crippen molar-refractivity contribution in [3.8, 4) is 6.07 Å². The molecule has 0 amide bonds. The molecule has 1 N–H and O–H groups in total. The normalized spacial score (nSPS) is 17.1. The maximum Gasteiger partial charge on any atom is 0.144 e. The van der Waals surface area contributed by atoms with E-state index in [4.69, 9.17) is 5.26 Å². The van der Waals surface area contributed by atoms with E-state index >= 15 is 0 Å². The lowest BCUT2D eigenvalue weighted by atomic mass is 9.99. The van der Waals surface area contributed by atoms with Gasteiger partial charge in [-0.1, -0.05) is 6.92 Å². The zero-order valence-electron chi connectivity index (χ0n) is 11.8. The first-order valence-corrected chi connectivity index (χ1v) is 7.02. The molecule has 1 saturated heterocycles. The molecule has 1 fully saturated rings. The van der Waals surface area contributed by atoms with Crippen molar-refractivity contribution in [3.63, 3.8) is 0 Å². The smallest absolute Gasteiger partial charge is 0.144 e. The average molecular weight is 258 g/mol. The summed E-state index contributed by atoms with van der Waals surface area (Å²) in [6, 6.07) is 4.09. The van der Waals surface area contributed by atoms with Gasteiger partial charge in [-0.25, -0.2) is 4.98 Å². The van der Waals surface area contributed by atoms with Crippen molar-refractivity contribution >= 4 is 5.82 Å². The highest BCUT2D eigenvalue weighted by molar-refractivity contribution is 5.55. The second kappa shape index (κ2) is 6.53. The molecule has 4 nitrogen and oxygen atoms in total. The minimum Gasteiger partial charge on any atom is -0.368 e. The van der Waals surface area contributed by atoms with Crippen LogP contribution in [0.1, 0.15) is 30.9 Å². The fourth-order valence-corrected chi connectivity index (χ4v) is 2.45. The number of nitrogens with zero attached hydrogens (tertiary/aromatic N) is 3. The van der Waals surface area contributed by atoms with Gasteiger partial charge in [0.2, 0.25) is 0 Å². The fourth-order valence-electron chi connectivity index (χ4n) is 2.45. The van der Waals surface area contributed by atoms with Gasteiger partial charge in [-0.2, -0.15) is 5.26 Å². The maximum atomic E-state index is 9.14. The molecule has 1 aromatic heterocycles. The number of rotatable bonds is 4. The molecular weight excluding hydrogens is 236 g/mol. The summed E-state index contributed by atoms with van der Waals surface area (Å²) >= 11 is 0. The number of hydrogen-bond donors (Lipinski definition) is 1. The van der Waals surface area contributed by atoms with Crippen LogP contribution in [0.2, 0.25) is 0 Å². The van der Waals surface area contributed by atoms with Gasteiger partial charge in [-0.15, -0.1) is 0 Å². The molecular formula is C15H22N4. The number of piperidine rings is 1. The van der Waals surface area contributed by atoms with Gasteiger partial charge < -0.3 is 10.2 Å². The highest BCUT2D eigenvalue weighted by Gasteiger charge is 2.15. The zero-order chi connectivity index (χ0) is 13.7. The number of nitrogens with one attached hydrogen (secondary N) is 1. The Balaban J connectivity index is 1.83. The van der Waals surface area contributed by atoms with Gasteiger partial charge in [-0.3, -0.25) is 0 Å². The van der Waals surface area contributed by atoms with Crippen LogP contribution in [0.15, 0.2) is 12.3 Å². The first kappa shape index (κ1) is 13.8. The molecule has 2 rings (SSSR count). The SMILES string of the molecule is Cc1ccnc(NCCN2CCC(C)CC2)c1C#N. The third-order valence-corrected chi connectivity index (χ3v) is 3.87. The molecule has 1 aliphatic heterocycles. The largest absolute Gasteiger partial charge is 0.368 e. The number of anilines is 1. The molecule has 4 heteroatoms. The van der Waals surface area contributed by atoms with Gasteiger partial charge in [0.25, 0.3) is 0 Å². The predicted octanol–water partition coefficient (Wildman–Crippen LogP) is 2.41. The average Bonchev–Trinajstić information content (AvgIpc) is 2.41. The summed E-state index contributed by atoms with van der Waals surface area (Å²) in [6.07, 6.45) is 4.35. The Kier molecular flexibility index (Phi) is 4.75. The van der Waals surface area contributed by atoms with Crippen molar-refractivity contribution in [3.05, 3.63) is 23.4 Å². The van der Waals surface area contributed by atoms with Crippen LogP contribution in [0.5, 0.6) is 0 Å². The van der Waals surface area contributed by atoms with Crippen molar-refractivity contribution in [2.24, 2.45) is 5.92 Å². The van der Waals surface area contributed by atoms with E-state index in [1.54, 1.807) is 6.20 Å². The van der Waals surface area contributed by atoms with E-state index in [1.807, 2.05) is 13.0 Å². The second-order valence-corrected chi connectivity index (χ2v) is 5.41. The first-order valence-electron chi connectivity index (χ1n) is 7.02. The van der Waals surface area contributed by atoms with Crippen LogP contribution in [-0.2, 0) is 0 Å². The molecule has 0 radical (unpaired) electrons. The van der Waals surface area contributed by atoms with Crippen LogP contribution in [0.3, 0.4) is 0 Å². The monoisotopic (exact) mass is 258 g/mol. The molecule has 0 bridgehead atoms. The van der Waals surface area contributed by atoms with Gasteiger partial charge in [0.1, 0.15) is 11.9 Å². The second-order valence-electron chi connectivity index (χ2n) is 5.41. The van der Waals surface area contributed by atoms with Crippen LogP contribution in [0, 0.1) is 24.2 Å². The van der Waals surface area contributed by atoms with Crippen molar-refractivity contribution in [2.75, 3.05) is 31.5 Å². The molecule has 0 aromatic carbocycles. The summed E-state index contributed by atoms with van der Waals surface area (Å²) < 4.78 is 0. The van der Waals surface area contributed by atoms with Crippen LogP contribution >= 0.6 is 0 Å². The van der Waals surface area contributed by atoms with Gasteiger partial charge in [0.05, 0.1) is 5.56 Å². The summed E-state index contributed by atoms with van der Waals surface area (Å²) in [5.74, 6) is 1.58. The van der Waals surface area contributed by atoms with Crippen molar-refractivity contribution < 1.29 is 0 Å². The number of pyridine rings is 1. The molecule has 102 valence electrons. The van der Waals surface area contributed by atoms with Gasteiger partial charge in [-0.05, 0) is 50.4 Å². The molecule has 0 unspecified atom stereocenters. The maximum absolute atomic E-state index is 9.14. The quantitative estimate of drug-likeness (QED) is 0.901. The van der Waals surface area contributed by atoms with Crippen LogP contribution in [0.25, 0.3) is 0 Å². The van der Waals surface area contributed by atoms with E-state index in [2.05, 4.69) is 28.2 Å². The molecule has 2 heterocycles. The van der Waals surface area contributed by atoms with Crippen LogP contribution < -0.4 is 5.32 Å². The standard InChI is InChI=1S/C15H22N4/c1-12-4-8-19(9-5-12)10-7-18-15-14(11-16)13(2)3-6-17-15/h3,6,12H,4-5,7-10H2,1-2H3,(H,17,18). The lowest BCUT2D eigenvalue weighted by molar-refractivity contribution is 0.199. The minimum absolute atomic E-state index is 0.662. The molecule has 0 aliphatic carbocycles. The van der Waals surface area contributed by atoms with Crippen molar-refractivity contribution in [1.82, 2.24) is 9.88 Å². The van der Waals surface area contributed by atoms with E-state index in [0.29, 0.717) is 11.4 Å². The lowest BCUT2D eigenvalue weighted by Crippen LogP contribution is -2.36. The van der Waals surface area contributed by atoms with E-state index in [9.17, 15) is 0 Å². The third-order valence-electron chi connectivity index (χ3n) is 3.87. The topological polar surface area (TPSA) is 52.0 Å². The highest BCUT2D eigenvalue weighted by Crippen LogP contribution is 2.17. The van der Waals surface area contributed by atoms with Gasteiger partial charge in [0.15, 0.2) is 0 Å². The lowest BCUT2D eigenvalue weighted by Gasteiger charge is -2.30. The zero-order valence-corrected chi connectivity index (χ0v) is 11.8. The Bertz CT molecular complexity index is 456. The van der Waals surface area contributed by atoms with Gasteiger partial charge in [0, 0.05) is 19.3 Å². The fraction of sp³-hybridized carbons (Fsp3) is 0.600. The molecule has 0 atom stereocenters. The Morgan fingerprint density at radius 2 is 2.21 bits per heavy atom. The number of nitriles is 1. The molecule has 19 heavy (non-hydrogen) atoms. The molecule has 0 spiro atoms. The summed E-state index contributed by atoms with van der Waals surface area (Å²) in [6.45, 7) is 8.51. The van der Waals surface area contributed by atoms with Crippen LogP contribution in [0.4, 0.5) is 5.82 Å². The first-order chi connectivity index (χ1) is 9.20. The van der Waals surface area contributed by atoms with E-state index in [-0.39, 0.29) is 0 Å². The Hall–Kier alpha value is -1.60. The molecule has 0 saturated carbocycles. The Morgan fingerprint density at radius 3 is 2.89 bits per heavy atom. The highest BCUT2D eigenvalue weighted by atomic mass is 15.1. The summed E-state index contributed by atoms with van der Waals surface area (Å²) in [4.78, 5) is 6.73. The molecule has 1 aromatic rings. The number of aryl methyl sites for hydroxylation is 1. The number of hydrogen-bond acceptors (Lipinski definition) is 4. The summed E-state index contributed by atoms with van der Waals surface area (Å²) in [5.41, 5.74) is 1.64. The number of likely N-dealkylation sites (tertiary alicyclic amines) is 1. The van der Waals surface area contributed by atoms with Gasteiger partial charge >= 0.3 is 0 Å². The summed E-state index contributed by atoms with van der Waals surface area (Å²) in [5, 5.41) is 12.4. The van der Waals surface area contributed by atoms with Crippen molar-refractivity contribution in [2.45, 2.75) is 26.7 Å². The van der Waals surface area contributed by atoms with Crippen molar-refractivity contribution in [1.29, 1.82) is 5.26 Å². The molecule has 1 aliphatic rings. The predicted molar refractivity (Wildman–Crippen MR) is 77.0 cm³/mol. The van der Waals surface area contributed by atoms with E-state index in [1.165, 1.54) is 25.9 Å². The van der Waals surface area contributed by atoms with E-state index in [0.717, 1.165) is 24.6 Å². The number of aromatic nitrogens is 1. The van der Waals surface area contributed by atoms with E-state index < -0.39 is 0 Å². The van der Waals surface area contributed by atoms with Crippen LogP contribution in [-0.4, -0.2) is 36.1 Å². The third kappa shape index (κ3) is 3.68. The summed E-state index contributed by atoms with van der Waals surface area (Å²) in [7, 11) is 0.